The van der Waals surface area contributed by atoms with Crippen LogP contribution < -0.4 is 10.6 Å². The summed E-state index contributed by atoms with van der Waals surface area (Å²) in [6, 6.07) is 4.98. The summed E-state index contributed by atoms with van der Waals surface area (Å²) in [4.78, 5) is 14.9. The fourth-order valence-corrected chi connectivity index (χ4v) is 1.22. The highest BCUT2D eigenvalue weighted by atomic mass is 35.5. The lowest BCUT2D eigenvalue weighted by molar-refractivity contribution is 0.199. The number of amides is 1. The SMILES string of the molecule is CCNC(=O)OC(=S)Nc1cccc(Cl)n1. The normalized spacial score (nSPS) is 9.38. The Bertz CT molecular complexity index is 400. The molecule has 1 heterocycles. The summed E-state index contributed by atoms with van der Waals surface area (Å²) in [7, 11) is 0. The van der Waals surface area contributed by atoms with Gasteiger partial charge in [0.25, 0.3) is 5.17 Å². The third kappa shape index (κ3) is 4.41. The number of hydrogen-bond donors (Lipinski definition) is 2. The molecule has 1 amide bonds. The number of carbonyl (C=O) groups is 1. The minimum atomic E-state index is -0.609. The second-order valence-corrected chi connectivity index (χ2v) is 3.44. The number of nitrogens with zero attached hydrogens (tertiary/aromatic N) is 1. The van der Waals surface area contributed by atoms with Crippen LogP contribution in [0.5, 0.6) is 0 Å². The summed E-state index contributed by atoms with van der Waals surface area (Å²) in [5.41, 5.74) is 0. The van der Waals surface area contributed by atoms with Gasteiger partial charge >= 0.3 is 6.09 Å². The molecule has 0 radical (unpaired) electrons. The lowest BCUT2D eigenvalue weighted by Gasteiger charge is -2.07. The minimum absolute atomic E-state index is 0.0827. The number of nitrogens with one attached hydrogen (secondary N) is 2. The predicted octanol–water partition coefficient (Wildman–Crippen LogP) is 2.18. The molecule has 0 spiro atoms. The molecule has 5 nitrogen and oxygen atoms in total. The van der Waals surface area contributed by atoms with Gasteiger partial charge in [0.1, 0.15) is 11.0 Å². The number of aromatic nitrogens is 1. The molecule has 0 aliphatic rings. The Morgan fingerprint density at radius 2 is 2.38 bits per heavy atom. The van der Waals surface area contributed by atoms with Crippen molar-refractivity contribution in [1.29, 1.82) is 0 Å². The van der Waals surface area contributed by atoms with Crippen LogP contribution in [0.1, 0.15) is 6.92 Å². The van der Waals surface area contributed by atoms with Gasteiger partial charge in [-0.2, -0.15) is 0 Å². The Hall–Kier alpha value is -1.40. The molecule has 0 aliphatic carbocycles. The van der Waals surface area contributed by atoms with Crippen molar-refractivity contribution in [1.82, 2.24) is 10.3 Å². The maximum absolute atomic E-state index is 11.0. The van der Waals surface area contributed by atoms with Crippen molar-refractivity contribution in [2.75, 3.05) is 11.9 Å². The Labute approximate surface area is 103 Å². The number of halogens is 1. The second kappa shape index (κ2) is 6.24. The molecule has 1 aromatic heterocycles. The molecule has 0 atom stereocenters. The van der Waals surface area contributed by atoms with Crippen LogP contribution in [0, 0.1) is 0 Å². The molecule has 16 heavy (non-hydrogen) atoms. The molecular formula is C9H10ClN3O2S. The van der Waals surface area contributed by atoms with E-state index in [0.717, 1.165) is 0 Å². The molecule has 0 saturated heterocycles. The summed E-state index contributed by atoms with van der Waals surface area (Å²) in [5.74, 6) is 0.418. The first-order valence-electron chi connectivity index (χ1n) is 4.51. The first kappa shape index (κ1) is 12.7. The van der Waals surface area contributed by atoms with Gasteiger partial charge in [-0.1, -0.05) is 17.7 Å². The molecular weight excluding hydrogens is 250 g/mol. The zero-order valence-corrected chi connectivity index (χ0v) is 10.1. The summed E-state index contributed by atoms with van der Waals surface area (Å²) < 4.78 is 4.72. The van der Waals surface area contributed by atoms with Crippen LogP contribution in [0.25, 0.3) is 0 Å². The van der Waals surface area contributed by atoms with Gasteiger partial charge in [0.05, 0.1) is 0 Å². The molecule has 1 rings (SSSR count). The van der Waals surface area contributed by atoms with Gasteiger partial charge in [0.2, 0.25) is 0 Å². The van der Waals surface area contributed by atoms with E-state index in [-0.39, 0.29) is 5.17 Å². The van der Waals surface area contributed by atoms with E-state index < -0.39 is 6.09 Å². The predicted molar refractivity (Wildman–Crippen MR) is 65.6 cm³/mol. The fourth-order valence-electron chi connectivity index (χ4n) is 0.873. The van der Waals surface area contributed by atoms with Gasteiger partial charge in [0, 0.05) is 6.54 Å². The monoisotopic (exact) mass is 259 g/mol. The Morgan fingerprint density at radius 1 is 1.62 bits per heavy atom. The highest BCUT2D eigenvalue weighted by molar-refractivity contribution is 7.80. The van der Waals surface area contributed by atoms with Crippen LogP contribution in [0.15, 0.2) is 18.2 Å². The molecule has 1 aromatic rings. The molecule has 86 valence electrons. The van der Waals surface area contributed by atoms with E-state index in [0.29, 0.717) is 17.5 Å². The van der Waals surface area contributed by atoms with E-state index in [1.807, 2.05) is 0 Å². The Balaban J connectivity index is 2.48. The minimum Gasteiger partial charge on any atom is -0.382 e. The van der Waals surface area contributed by atoms with Gasteiger partial charge in [-0.05, 0) is 31.3 Å². The summed E-state index contributed by atoms with van der Waals surface area (Å²) in [6.45, 7) is 2.24. The Morgan fingerprint density at radius 3 is 3.00 bits per heavy atom. The van der Waals surface area contributed by atoms with Crippen LogP contribution in [-0.4, -0.2) is 22.8 Å². The maximum Gasteiger partial charge on any atom is 0.414 e. The van der Waals surface area contributed by atoms with Crippen molar-refractivity contribution < 1.29 is 9.53 Å². The van der Waals surface area contributed by atoms with E-state index in [1.54, 1.807) is 25.1 Å². The number of ether oxygens (including phenoxy) is 1. The van der Waals surface area contributed by atoms with E-state index >= 15 is 0 Å². The smallest absolute Gasteiger partial charge is 0.382 e. The lowest BCUT2D eigenvalue weighted by atomic mass is 10.5. The van der Waals surface area contributed by atoms with E-state index in [1.165, 1.54) is 0 Å². The largest absolute Gasteiger partial charge is 0.414 e. The standard InChI is InChI=1S/C9H10ClN3O2S/c1-2-11-8(14)15-9(16)13-7-5-3-4-6(10)12-7/h3-5H,2H2,1H3,(H,11,14)(H,12,13,16). The number of carbonyl (C=O) groups excluding carboxylic acids is 1. The first-order valence-corrected chi connectivity index (χ1v) is 5.29. The Kier molecular flexibility index (Phi) is 4.94. The molecule has 0 fully saturated rings. The average molecular weight is 260 g/mol. The molecule has 0 aliphatic heterocycles. The van der Waals surface area contributed by atoms with Crippen molar-refractivity contribution in [3.63, 3.8) is 0 Å². The van der Waals surface area contributed by atoms with Gasteiger partial charge < -0.3 is 15.4 Å². The van der Waals surface area contributed by atoms with Crippen molar-refractivity contribution in [3.05, 3.63) is 23.4 Å². The molecule has 0 unspecified atom stereocenters. The molecule has 0 bridgehead atoms. The molecule has 0 aromatic carbocycles. The number of rotatable bonds is 2. The number of alkyl carbamates (subject to hydrolysis) is 1. The number of pyridine rings is 1. The van der Waals surface area contributed by atoms with Crippen molar-refractivity contribution in [2.24, 2.45) is 0 Å². The van der Waals surface area contributed by atoms with Crippen molar-refractivity contribution in [3.8, 4) is 0 Å². The van der Waals surface area contributed by atoms with Crippen LogP contribution in [-0.2, 0) is 4.74 Å². The van der Waals surface area contributed by atoms with Gasteiger partial charge in [-0.25, -0.2) is 9.78 Å². The summed E-state index contributed by atoms with van der Waals surface area (Å²) >= 11 is 10.5. The zero-order valence-electron chi connectivity index (χ0n) is 8.49. The number of anilines is 1. The summed E-state index contributed by atoms with van der Waals surface area (Å²) in [5, 5.41) is 5.31. The third-order valence-corrected chi connectivity index (χ3v) is 1.85. The lowest BCUT2D eigenvalue weighted by Crippen LogP contribution is -2.28. The highest BCUT2D eigenvalue weighted by Crippen LogP contribution is 2.09. The maximum atomic E-state index is 11.0. The fraction of sp³-hybridized carbons (Fsp3) is 0.222. The topological polar surface area (TPSA) is 63.2 Å². The van der Waals surface area contributed by atoms with Gasteiger partial charge in [0.15, 0.2) is 0 Å². The van der Waals surface area contributed by atoms with Crippen LogP contribution in [0.3, 0.4) is 0 Å². The van der Waals surface area contributed by atoms with Crippen LogP contribution in [0.4, 0.5) is 10.6 Å². The van der Waals surface area contributed by atoms with Crippen molar-refractivity contribution in [2.45, 2.75) is 6.92 Å². The average Bonchev–Trinajstić information content (AvgIpc) is 2.17. The zero-order chi connectivity index (χ0) is 12.0. The van der Waals surface area contributed by atoms with E-state index in [4.69, 9.17) is 28.6 Å². The van der Waals surface area contributed by atoms with Crippen molar-refractivity contribution >= 4 is 40.9 Å². The number of hydrogen-bond acceptors (Lipinski definition) is 4. The molecule has 0 saturated carbocycles. The van der Waals surface area contributed by atoms with Gasteiger partial charge in [-0.15, -0.1) is 0 Å². The van der Waals surface area contributed by atoms with Crippen LogP contribution >= 0.6 is 23.8 Å². The third-order valence-electron chi connectivity index (χ3n) is 1.45. The van der Waals surface area contributed by atoms with E-state index in [9.17, 15) is 4.79 Å². The quantitative estimate of drug-likeness (QED) is 0.630. The van der Waals surface area contributed by atoms with Gasteiger partial charge in [-0.3, -0.25) is 0 Å². The van der Waals surface area contributed by atoms with E-state index in [2.05, 4.69) is 15.6 Å². The first-order chi connectivity index (χ1) is 7.61. The highest BCUT2D eigenvalue weighted by Gasteiger charge is 2.06. The molecule has 7 heteroatoms. The second-order valence-electron chi connectivity index (χ2n) is 2.68. The number of thiocarbonyl (C=S) groups is 1. The molecule has 2 N–H and O–H groups in total. The summed E-state index contributed by atoms with van der Waals surface area (Å²) in [6.07, 6.45) is -0.609. The van der Waals surface area contributed by atoms with Crippen LogP contribution in [0.2, 0.25) is 5.15 Å².